The standard InChI is InChI=1S/C24H28N4O4/c1-3-28-20-8-7-17(25-13-16-6-9-21-22(11-16)32-15-31-21)12-19(20)23(26-28)24(29)27(2)14-18-5-4-10-30-18/h4-6,9-11,17,25H,3,7-8,12-15H2,1-2H3/t17-/m0/s1. The molecule has 0 saturated carbocycles. The highest BCUT2D eigenvalue weighted by Gasteiger charge is 2.30. The summed E-state index contributed by atoms with van der Waals surface area (Å²) in [5.74, 6) is 2.28. The van der Waals surface area contributed by atoms with E-state index in [0.29, 0.717) is 12.2 Å². The molecule has 0 saturated heterocycles. The lowest BCUT2D eigenvalue weighted by Crippen LogP contribution is -2.35. The van der Waals surface area contributed by atoms with E-state index in [9.17, 15) is 4.79 Å². The van der Waals surface area contributed by atoms with Gasteiger partial charge in [0.1, 0.15) is 5.76 Å². The molecule has 2 aromatic heterocycles. The van der Waals surface area contributed by atoms with Crippen molar-refractivity contribution < 1.29 is 18.7 Å². The second-order valence-electron chi connectivity index (χ2n) is 8.34. The fraction of sp³-hybridized carbons (Fsp3) is 0.417. The van der Waals surface area contributed by atoms with Crippen LogP contribution in [0, 0.1) is 0 Å². The third-order valence-corrected chi connectivity index (χ3v) is 6.20. The summed E-state index contributed by atoms with van der Waals surface area (Å²) in [6.45, 7) is 4.26. The van der Waals surface area contributed by atoms with Crippen molar-refractivity contribution in [1.29, 1.82) is 0 Å². The van der Waals surface area contributed by atoms with Gasteiger partial charge < -0.3 is 24.1 Å². The maximum Gasteiger partial charge on any atom is 0.274 e. The fourth-order valence-electron chi connectivity index (χ4n) is 4.50. The molecule has 168 valence electrons. The second kappa shape index (κ2) is 8.70. The van der Waals surface area contributed by atoms with Gasteiger partial charge in [-0.3, -0.25) is 9.48 Å². The van der Waals surface area contributed by atoms with Crippen molar-refractivity contribution in [3.63, 3.8) is 0 Å². The SMILES string of the molecule is CCn1nc(C(=O)N(C)Cc2ccco2)c2c1CC[C@H](NCc1ccc3c(c1)OCO3)C2. The third kappa shape index (κ3) is 3.98. The van der Waals surface area contributed by atoms with Crippen molar-refractivity contribution in [2.45, 2.75) is 51.9 Å². The summed E-state index contributed by atoms with van der Waals surface area (Å²) in [6, 6.07) is 10.0. The number of carbonyl (C=O) groups excluding carboxylic acids is 1. The lowest BCUT2D eigenvalue weighted by molar-refractivity contribution is 0.0767. The molecule has 32 heavy (non-hydrogen) atoms. The molecular weight excluding hydrogens is 408 g/mol. The Morgan fingerprint density at radius 3 is 2.97 bits per heavy atom. The van der Waals surface area contributed by atoms with Crippen LogP contribution in [0.15, 0.2) is 41.0 Å². The molecule has 1 aromatic carbocycles. The highest BCUT2D eigenvalue weighted by Crippen LogP contribution is 2.32. The highest BCUT2D eigenvalue weighted by molar-refractivity contribution is 5.94. The predicted octanol–water partition coefficient (Wildman–Crippen LogP) is 3.14. The fourth-order valence-corrected chi connectivity index (χ4v) is 4.50. The number of amides is 1. The smallest absolute Gasteiger partial charge is 0.274 e. The Morgan fingerprint density at radius 1 is 1.28 bits per heavy atom. The van der Waals surface area contributed by atoms with E-state index in [1.54, 1.807) is 18.2 Å². The first-order valence-corrected chi connectivity index (χ1v) is 11.1. The van der Waals surface area contributed by atoms with Gasteiger partial charge in [0, 0.05) is 37.4 Å². The number of fused-ring (bicyclic) bond motifs is 2. The van der Waals surface area contributed by atoms with Crippen molar-refractivity contribution >= 4 is 5.91 Å². The number of benzene rings is 1. The minimum absolute atomic E-state index is 0.0683. The first kappa shape index (κ1) is 20.6. The summed E-state index contributed by atoms with van der Waals surface area (Å²) < 4.78 is 18.3. The van der Waals surface area contributed by atoms with Gasteiger partial charge in [0.2, 0.25) is 6.79 Å². The van der Waals surface area contributed by atoms with Crippen LogP contribution < -0.4 is 14.8 Å². The molecule has 1 aliphatic carbocycles. The maximum absolute atomic E-state index is 13.2. The van der Waals surface area contributed by atoms with Crippen molar-refractivity contribution in [2.24, 2.45) is 0 Å². The molecule has 3 aromatic rings. The van der Waals surface area contributed by atoms with Gasteiger partial charge >= 0.3 is 0 Å². The van der Waals surface area contributed by atoms with E-state index in [-0.39, 0.29) is 18.7 Å². The molecule has 8 heteroatoms. The molecule has 1 amide bonds. The number of hydrogen-bond acceptors (Lipinski definition) is 6. The van der Waals surface area contributed by atoms with E-state index in [1.165, 1.54) is 5.69 Å². The van der Waals surface area contributed by atoms with Crippen LogP contribution in [-0.2, 0) is 32.5 Å². The van der Waals surface area contributed by atoms with Crippen LogP contribution in [0.3, 0.4) is 0 Å². The molecule has 0 bridgehead atoms. The Morgan fingerprint density at radius 2 is 2.16 bits per heavy atom. The number of aryl methyl sites for hydroxylation is 1. The molecule has 8 nitrogen and oxygen atoms in total. The van der Waals surface area contributed by atoms with Gasteiger partial charge in [0.25, 0.3) is 5.91 Å². The summed E-state index contributed by atoms with van der Waals surface area (Å²) in [5.41, 5.74) is 3.96. The van der Waals surface area contributed by atoms with Crippen molar-refractivity contribution in [3.05, 3.63) is 64.9 Å². The first-order chi connectivity index (χ1) is 15.6. The van der Waals surface area contributed by atoms with Gasteiger partial charge in [-0.2, -0.15) is 5.10 Å². The van der Waals surface area contributed by atoms with Crippen molar-refractivity contribution in [1.82, 2.24) is 20.0 Å². The first-order valence-electron chi connectivity index (χ1n) is 11.1. The van der Waals surface area contributed by atoms with Gasteiger partial charge in [0.05, 0.1) is 12.8 Å². The van der Waals surface area contributed by atoms with Crippen LogP contribution in [0.5, 0.6) is 11.5 Å². The van der Waals surface area contributed by atoms with Crippen LogP contribution in [0.4, 0.5) is 0 Å². The molecule has 2 aliphatic rings. The average Bonchev–Trinajstić information content (AvgIpc) is 3.56. The van der Waals surface area contributed by atoms with Gasteiger partial charge in [-0.1, -0.05) is 6.07 Å². The number of hydrogen-bond donors (Lipinski definition) is 1. The summed E-state index contributed by atoms with van der Waals surface area (Å²) >= 11 is 0. The minimum Gasteiger partial charge on any atom is -0.467 e. The van der Waals surface area contributed by atoms with E-state index < -0.39 is 0 Å². The zero-order chi connectivity index (χ0) is 22.1. The van der Waals surface area contributed by atoms with E-state index in [1.807, 2.05) is 28.9 Å². The van der Waals surface area contributed by atoms with E-state index in [0.717, 1.165) is 60.7 Å². The van der Waals surface area contributed by atoms with Crippen LogP contribution in [-0.4, -0.2) is 40.5 Å². The lowest BCUT2D eigenvalue weighted by atomic mass is 9.91. The quantitative estimate of drug-likeness (QED) is 0.613. The summed E-state index contributed by atoms with van der Waals surface area (Å²) in [5, 5.41) is 8.34. The number of carbonyl (C=O) groups is 1. The van der Waals surface area contributed by atoms with Gasteiger partial charge in [0.15, 0.2) is 17.2 Å². The van der Waals surface area contributed by atoms with Crippen LogP contribution in [0.25, 0.3) is 0 Å². The largest absolute Gasteiger partial charge is 0.467 e. The molecule has 1 aliphatic heterocycles. The van der Waals surface area contributed by atoms with E-state index >= 15 is 0 Å². The number of nitrogens with one attached hydrogen (secondary N) is 1. The molecule has 0 unspecified atom stereocenters. The normalized spacial score (nSPS) is 16.8. The maximum atomic E-state index is 13.2. The molecule has 3 heterocycles. The van der Waals surface area contributed by atoms with Gasteiger partial charge in [-0.15, -0.1) is 0 Å². The number of ether oxygens (including phenoxy) is 2. The summed E-state index contributed by atoms with van der Waals surface area (Å²) in [4.78, 5) is 14.9. The van der Waals surface area contributed by atoms with Crippen molar-refractivity contribution in [3.8, 4) is 11.5 Å². The van der Waals surface area contributed by atoms with E-state index in [2.05, 4.69) is 23.4 Å². The number of aromatic nitrogens is 2. The predicted molar refractivity (Wildman–Crippen MR) is 118 cm³/mol. The number of nitrogens with zero attached hydrogens (tertiary/aromatic N) is 3. The van der Waals surface area contributed by atoms with Gasteiger partial charge in [-0.05, 0) is 56.0 Å². The Labute approximate surface area is 187 Å². The van der Waals surface area contributed by atoms with Crippen LogP contribution in [0.1, 0.15) is 46.4 Å². The molecule has 1 atom stereocenters. The molecular formula is C24H28N4O4. The average molecular weight is 437 g/mol. The van der Waals surface area contributed by atoms with Gasteiger partial charge in [-0.25, -0.2) is 0 Å². The summed E-state index contributed by atoms with van der Waals surface area (Å²) in [7, 11) is 1.79. The summed E-state index contributed by atoms with van der Waals surface area (Å²) in [6.07, 6.45) is 4.33. The Bertz CT molecular complexity index is 1110. The second-order valence-corrected chi connectivity index (χ2v) is 8.34. The molecule has 0 fully saturated rings. The van der Waals surface area contributed by atoms with Crippen LogP contribution >= 0.6 is 0 Å². The monoisotopic (exact) mass is 436 g/mol. The zero-order valence-corrected chi connectivity index (χ0v) is 18.5. The molecule has 0 radical (unpaired) electrons. The minimum atomic E-state index is -0.0683. The molecule has 1 N–H and O–H groups in total. The van der Waals surface area contributed by atoms with Crippen molar-refractivity contribution in [2.75, 3.05) is 13.8 Å². The third-order valence-electron chi connectivity index (χ3n) is 6.20. The highest BCUT2D eigenvalue weighted by atomic mass is 16.7. The topological polar surface area (TPSA) is 81.8 Å². The van der Waals surface area contributed by atoms with Crippen LogP contribution in [0.2, 0.25) is 0 Å². The Kier molecular flexibility index (Phi) is 5.61. The molecule has 5 rings (SSSR count). The Hall–Kier alpha value is -3.26. The molecule has 0 spiro atoms. The van der Waals surface area contributed by atoms with E-state index in [4.69, 9.17) is 13.9 Å². The number of furan rings is 1. The zero-order valence-electron chi connectivity index (χ0n) is 18.5. The lowest BCUT2D eigenvalue weighted by Gasteiger charge is -2.25. The number of rotatable bonds is 7. The Balaban J connectivity index is 1.29.